The van der Waals surface area contributed by atoms with Gasteiger partial charge in [-0.15, -0.1) is 0 Å². The summed E-state index contributed by atoms with van der Waals surface area (Å²) in [6.45, 7) is 3.59. The van der Waals surface area contributed by atoms with Crippen LogP contribution in [0.15, 0.2) is 24.3 Å². The molecule has 1 saturated heterocycles. The number of ether oxygens (including phenoxy) is 1. The number of imide groups is 2. The molecule has 2 rings (SSSR count). The molecule has 0 radical (unpaired) electrons. The van der Waals surface area contributed by atoms with Gasteiger partial charge in [0, 0.05) is 6.54 Å². The minimum Gasteiger partial charge on any atom is -0.492 e. The highest BCUT2D eigenvalue weighted by Gasteiger charge is 2.44. The second-order valence-corrected chi connectivity index (χ2v) is 5.24. The summed E-state index contributed by atoms with van der Waals surface area (Å²) >= 11 is 0. The van der Waals surface area contributed by atoms with Crippen LogP contribution in [0.2, 0.25) is 0 Å². The van der Waals surface area contributed by atoms with Crippen LogP contribution in [0, 0.1) is 6.92 Å². The lowest BCUT2D eigenvalue weighted by molar-refractivity contribution is -0.143. The Hall–Kier alpha value is -2.90. The van der Waals surface area contributed by atoms with Gasteiger partial charge in [-0.2, -0.15) is 0 Å². The fourth-order valence-corrected chi connectivity index (χ4v) is 2.23. The van der Waals surface area contributed by atoms with Crippen molar-refractivity contribution in [2.75, 3.05) is 26.2 Å². The standard InChI is InChI=1S/C16H19N3O5/c1-3-18-14(21)15(22)19(16(18)23)10-13(20)17-7-8-24-12-6-4-5-11(2)9-12/h4-6,9H,3,7-8,10H2,1-2H3,(H,17,20). The van der Waals surface area contributed by atoms with Crippen molar-refractivity contribution < 1.29 is 23.9 Å². The van der Waals surface area contributed by atoms with E-state index in [9.17, 15) is 19.2 Å². The van der Waals surface area contributed by atoms with Crippen LogP contribution < -0.4 is 10.1 Å². The van der Waals surface area contributed by atoms with Crippen LogP contribution in [0.1, 0.15) is 12.5 Å². The normalized spacial score (nSPS) is 14.3. The zero-order chi connectivity index (χ0) is 17.7. The number of benzene rings is 1. The molecule has 1 aromatic carbocycles. The Morgan fingerprint density at radius 1 is 1.17 bits per heavy atom. The Kier molecular flexibility index (Phi) is 5.51. The molecular weight excluding hydrogens is 314 g/mol. The number of amides is 5. The molecule has 1 aliphatic rings. The van der Waals surface area contributed by atoms with Crippen molar-refractivity contribution in [1.29, 1.82) is 0 Å². The van der Waals surface area contributed by atoms with E-state index < -0.39 is 30.3 Å². The zero-order valence-electron chi connectivity index (χ0n) is 13.6. The van der Waals surface area contributed by atoms with Crippen molar-refractivity contribution in [2.45, 2.75) is 13.8 Å². The number of carbonyl (C=O) groups is 4. The van der Waals surface area contributed by atoms with Gasteiger partial charge < -0.3 is 10.1 Å². The number of nitrogens with zero attached hydrogens (tertiary/aromatic N) is 2. The van der Waals surface area contributed by atoms with E-state index in [4.69, 9.17) is 4.74 Å². The number of carbonyl (C=O) groups excluding carboxylic acids is 4. The largest absolute Gasteiger partial charge is 0.492 e. The Morgan fingerprint density at radius 2 is 1.88 bits per heavy atom. The van der Waals surface area contributed by atoms with Gasteiger partial charge in [0.2, 0.25) is 5.91 Å². The average molecular weight is 333 g/mol. The van der Waals surface area contributed by atoms with Crippen molar-refractivity contribution in [3.8, 4) is 5.75 Å². The van der Waals surface area contributed by atoms with Gasteiger partial charge in [-0.25, -0.2) is 9.69 Å². The third kappa shape index (κ3) is 3.89. The lowest BCUT2D eigenvalue weighted by atomic mass is 10.2. The quantitative estimate of drug-likeness (QED) is 0.440. The molecule has 8 nitrogen and oxygen atoms in total. The topological polar surface area (TPSA) is 96.0 Å². The molecule has 1 N–H and O–H groups in total. The van der Waals surface area contributed by atoms with Crippen LogP contribution >= 0.6 is 0 Å². The first-order chi connectivity index (χ1) is 11.4. The molecule has 0 bridgehead atoms. The van der Waals surface area contributed by atoms with Gasteiger partial charge in [0.15, 0.2) is 0 Å². The zero-order valence-corrected chi connectivity index (χ0v) is 13.6. The molecule has 0 atom stereocenters. The Morgan fingerprint density at radius 3 is 2.50 bits per heavy atom. The summed E-state index contributed by atoms with van der Waals surface area (Å²) in [5, 5.41) is 2.54. The molecule has 0 unspecified atom stereocenters. The summed E-state index contributed by atoms with van der Waals surface area (Å²) in [6, 6.07) is 6.72. The highest BCUT2D eigenvalue weighted by Crippen LogP contribution is 2.12. The van der Waals surface area contributed by atoms with Gasteiger partial charge in [0.25, 0.3) is 0 Å². The van der Waals surface area contributed by atoms with Crippen molar-refractivity contribution in [1.82, 2.24) is 15.1 Å². The smallest absolute Gasteiger partial charge is 0.334 e. The van der Waals surface area contributed by atoms with Crippen molar-refractivity contribution >= 4 is 23.8 Å². The Balaban J connectivity index is 1.76. The molecule has 0 aromatic heterocycles. The first-order valence-corrected chi connectivity index (χ1v) is 7.57. The number of hydrogen-bond donors (Lipinski definition) is 1. The molecule has 24 heavy (non-hydrogen) atoms. The van der Waals surface area contributed by atoms with Crippen LogP contribution in [0.4, 0.5) is 4.79 Å². The molecule has 1 aromatic rings. The number of likely N-dealkylation sites (N-methyl/N-ethyl adjacent to an activating group) is 1. The highest BCUT2D eigenvalue weighted by atomic mass is 16.5. The maximum atomic E-state index is 11.8. The first-order valence-electron chi connectivity index (χ1n) is 7.57. The molecule has 1 aliphatic heterocycles. The Labute approximate surface area is 139 Å². The average Bonchev–Trinajstić information content (AvgIpc) is 2.75. The van der Waals surface area contributed by atoms with Crippen LogP contribution in [0.25, 0.3) is 0 Å². The predicted molar refractivity (Wildman–Crippen MR) is 84.2 cm³/mol. The maximum absolute atomic E-state index is 11.8. The number of aryl methyl sites for hydroxylation is 1. The summed E-state index contributed by atoms with van der Waals surface area (Å²) in [5.41, 5.74) is 1.06. The van der Waals surface area contributed by atoms with E-state index in [0.717, 1.165) is 10.5 Å². The molecule has 1 fully saturated rings. The lowest BCUT2D eigenvalue weighted by Gasteiger charge is -2.14. The number of hydrogen-bond acceptors (Lipinski definition) is 5. The van der Waals surface area contributed by atoms with E-state index in [2.05, 4.69) is 5.32 Å². The summed E-state index contributed by atoms with van der Waals surface area (Å²) < 4.78 is 5.48. The van der Waals surface area contributed by atoms with Crippen molar-refractivity contribution in [2.24, 2.45) is 0 Å². The number of rotatable bonds is 7. The van der Waals surface area contributed by atoms with Crippen LogP contribution in [-0.4, -0.2) is 59.8 Å². The fourth-order valence-electron chi connectivity index (χ4n) is 2.23. The van der Waals surface area contributed by atoms with E-state index in [1.165, 1.54) is 0 Å². The van der Waals surface area contributed by atoms with E-state index in [1.807, 2.05) is 25.1 Å². The first kappa shape index (κ1) is 17.5. The van der Waals surface area contributed by atoms with Gasteiger partial charge >= 0.3 is 17.8 Å². The van der Waals surface area contributed by atoms with Gasteiger partial charge in [-0.05, 0) is 31.5 Å². The van der Waals surface area contributed by atoms with Crippen LogP contribution in [-0.2, 0) is 14.4 Å². The third-order valence-corrected chi connectivity index (χ3v) is 3.44. The molecule has 0 aliphatic carbocycles. The molecule has 0 saturated carbocycles. The van der Waals surface area contributed by atoms with E-state index in [-0.39, 0.29) is 19.7 Å². The molecule has 5 amide bonds. The van der Waals surface area contributed by atoms with Gasteiger partial charge in [0.05, 0.1) is 6.54 Å². The predicted octanol–water partition coefficient (Wildman–Crippen LogP) is 0.301. The van der Waals surface area contributed by atoms with Crippen LogP contribution in [0.3, 0.4) is 0 Å². The Bertz CT molecular complexity index is 673. The number of urea groups is 1. The highest BCUT2D eigenvalue weighted by molar-refractivity contribution is 6.45. The van der Waals surface area contributed by atoms with E-state index in [0.29, 0.717) is 10.6 Å². The lowest BCUT2D eigenvalue weighted by Crippen LogP contribution is -2.42. The molecule has 8 heteroatoms. The minimum atomic E-state index is -0.979. The van der Waals surface area contributed by atoms with E-state index >= 15 is 0 Å². The third-order valence-electron chi connectivity index (χ3n) is 3.44. The second-order valence-electron chi connectivity index (χ2n) is 5.24. The summed E-state index contributed by atoms with van der Waals surface area (Å²) in [5.74, 6) is -1.72. The second kappa shape index (κ2) is 7.58. The summed E-state index contributed by atoms with van der Waals surface area (Å²) in [7, 11) is 0. The van der Waals surface area contributed by atoms with Crippen molar-refractivity contribution in [3.63, 3.8) is 0 Å². The van der Waals surface area contributed by atoms with Gasteiger partial charge in [0.1, 0.15) is 18.9 Å². The molecular formula is C16H19N3O5. The van der Waals surface area contributed by atoms with Crippen LogP contribution in [0.5, 0.6) is 5.75 Å². The molecule has 1 heterocycles. The maximum Gasteiger partial charge on any atom is 0.334 e. The number of nitrogens with one attached hydrogen (secondary N) is 1. The summed E-state index contributed by atoms with van der Waals surface area (Å²) in [6.07, 6.45) is 0. The minimum absolute atomic E-state index is 0.0891. The van der Waals surface area contributed by atoms with Crippen molar-refractivity contribution in [3.05, 3.63) is 29.8 Å². The SMILES string of the molecule is CCN1C(=O)C(=O)N(CC(=O)NCCOc2cccc(C)c2)C1=O. The monoisotopic (exact) mass is 333 g/mol. The van der Waals surface area contributed by atoms with Gasteiger partial charge in [-0.1, -0.05) is 12.1 Å². The van der Waals surface area contributed by atoms with E-state index in [1.54, 1.807) is 13.0 Å². The molecule has 128 valence electrons. The molecule has 0 spiro atoms. The fraction of sp³-hybridized carbons (Fsp3) is 0.375. The summed E-state index contributed by atoms with van der Waals surface area (Å²) in [4.78, 5) is 48.3. The van der Waals surface area contributed by atoms with Gasteiger partial charge in [-0.3, -0.25) is 19.3 Å².